The molecular formula is C17H20F6N4O3. The van der Waals surface area contributed by atoms with Crippen LogP contribution in [0.25, 0.3) is 0 Å². The Bertz CT molecular complexity index is 710. The van der Waals surface area contributed by atoms with Gasteiger partial charge < -0.3 is 15.0 Å². The third-order valence-corrected chi connectivity index (χ3v) is 4.86. The number of amides is 2. The Balaban J connectivity index is 0.000000269. The maximum absolute atomic E-state index is 12.3. The molecule has 0 unspecified atom stereocenters. The molecule has 7 nitrogen and oxygen atoms in total. The van der Waals surface area contributed by atoms with Gasteiger partial charge >= 0.3 is 18.4 Å². The summed E-state index contributed by atoms with van der Waals surface area (Å²) < 4.78 is 77.2. The van der Waals surface area contributed by atoms with E-state index in [0.29, 0.717) is 25.1 Å². The number of carbonyl (C=O) groups excluding carboxylic acids is 2. The SMILES string of the molecule is Cc1ccc(NC=O)nn1.O=C(OC(C(F)(F)F)C(F)(F)F)N1CCC2(CC1)CC2. The lowest BCUT2D eigenvalue weighted by Crippen LogP contribution is -2.49. The van der Waals surface area contributed by atoms with Gasteiger partial charge in [-0.05, 0) is 50.2 Å². The molecule has 1 aromatic heterocycles. The summed E-state index contributed by atoms with van der Waals surface area (Å²) in [6.07, 6.45) is -13.2. The number of halogens is 6. The number of ether oxygens (including phenoxy) is 1. The van der Waals surface area contributed by atoms with Gasteiger partial charge in [0.15, 0.2) is 5.82 Å². The minimum absolute atomic E-state index is 0.140. The van der Waals surface area contributed by atoms with Crippen molar-refractivity contribution in [2.45, 2.75) is 51.1 Å². The van der Waals surface area contributed by atoms with Crippen LogP contribution < -0.4 is 5.32 Å². The van der Waals surface area contributed by atoms with Crippen molar-refractivity contribution in [1.82, 2.24) is 15.1 Å². The zero-order chi connectivity index (χ0) is 22.6. The predicted molar refractivity (Wildman–Crippen MR) is 91.3 cm³/mol. The lowest BCUT2D eigenvalue weighted by Gasteiger charge is -2.33. The molecule has 2 amide bonds. The average Bonchev–Trinajstić information content (AvgIpc) is 3.40. The van der Waals surface area contributed by atoms with Crippen molar-refractivity contribution in [3.05, 3.63) is 17.8 Å². The van der Waals surface area contributed by atoms with Crippen molar-refractivity contribution in [3.63, 3.8) is 0 Å². The quantitative estimate of drug-likeness (QED) is 0.568. The molecule has 2 heterocycles. The number of aryl methyl sites for hydroxylation is 1. The van der Waals surface area contributed by atoms with E-state index in [-0.39, 0.29) is 18.5 Å². The van der Waals surface area contributed by atoms with E-state index in [1.54, 1.807) is 12.1 Å². The Hall–Kier alpha value is -2.60. The van der Waals surface area contributed by atoms with Gasteiger partial charge in [0.05, 0.1) is 5.69 Å². The van der Waals surface area contributed by atoms with Crippen LogP contribution in [0.3, 0.4) is 0 Å². The van der Waals surface area contributed by atoms with E-state index < -0.39 is 24.5 Å². The van der Waals surface area contributed by atoms with Crippen LogP contribution in [-0.2, 0) is 9.53 Å². The van der Waals surface area contributed by atoms with Crippen molar-refractivity contribution < 1.29 is 40.7 Å². The number of hydrogen-bond donors (Lipinski definition) is 1. The molecule has 168 valence electrons. The van der Waals surface area contributed by atoms with Crippen LogP contribution in [0.1, 0.15) is 31.4 Å². The summed E-state index contributed by atoms with van der Waals surface area (Å²) in [6, 6.07) is 3.47. The number of likely N-dealkylation sites (tertiary alicyclic amines) is 1. The normalized spacial score (nSPS) is 17.8. The van der Waals surface area contributed by atoms with Gasteiger partial charge in [-0.1, -0.05) is 0 Å². The second kappa shape index (κ2) is 9.04. The summed E-state index contributed by atoms with van der Waals surface area (Å²) >= 11 is 0. The fourth-order valence-corrected chi connectivity index (χ4v) is 2.87. The second-order valence-electron chi connectivity index (χ2n) is 7.16. The summed E-state index contributed by atoms with van der Waals surface area (Å²) in [5, 5.41) is 9.78. The first-order valence-corrected chi connectivity index (χ1v) is 8.96. The van der Waals surface area contributed by atoms with Crippen molar-refractivity contribution >= 4 is 18.3 Å². The highest BCUT2D eigenvalue weighted by molar-refractivity contribution is 5.68. The Kier molecular flexibility index (Phi) is 7.14. The van der Waals surface area contributed by atoms with E-state index in [9.17, 15) is 35.9 Å². The van der Waals surface area contributed by atoms with Gasteiger partial charge in [0.2, 0.25) is 6.41 Å². The van der Waals surface area contributed by atoms with Gasteiger partial charge in [-0.15, -0.1) is 5.10 Å². The summed E-state index contributed by atoms with van der Waals surface area (Å²) in [4.78, 5) is 22.2. The minimum Gasteiger partial charge on any atom is -0.426 e. The number of alkyl halides is 6. The van der Waals surface area contributed by atoms with E-state index in [1.807, 2.05) is 6.92 Å². The number of anilines is 1. The number of piperidine rings is 1. The molecule has 0 radical (unpaired) electrons. The van der Waals surface area contributed by atoms with Crippen molar-refractivity contribution in [2.75, 3.05) is 18.4 Å². The first-order chi connectivity index (χ1) is 13.9. The smallest absolute Gasteiger partial charge is 0.426 e. The molecule has 3 rings (SSSR count). The van der Waals surface area contributed by atoms with E-state index in [1.165, 1.54) is 0 Å². The van der Waals surface area contributed by atoms with Gasteiger partial charge in [0.25, 0.3) is 6.10 Å². The van der Waals surface area contributed by atoms with Gasteiger partial charge in [-0.2, -0.15) is 31.4 Å². The highest BCUT2D eigenvalue weighted by Gasteiger charge is 2.60. The number of carbonyl (C=O) groups is 2. The molecule has 2 aliphatic rings. The first-order valence-electron chi connectivity index (χ1n) is 8.96. The first kappa shape index (κ1) is 23.7. The molecule has 1 spiro atoms. The van der Waals surface area contributed by atoms with E-state index >= 15 is 0 Å². The van der Waals surface area contributed by atoms with Gasteiger partial charge in [0.1, 0.15) is 0 Å². The molecule has 13 heteroatoms. The fraction of sp³-hybridized carbons (Fsp3) is 0.647. The molecule has 0 bridgehead atoms. The third kappa shape index (κ3) is 6.73. The average molecular weight is 442 g/mol. The maximum atomic E-state index is 12.3. The molecule has 1 saturated carbocycles. The lowest BCUT2D eigenvalue weighted by molar-refractivity contribution is -0.308. The zero-order valence-corrected chi connectivity index (χ0v) is 15.9. The van der Waals surface area contributed by atoms with Crippen LogP contribution >= 0.6 is 0 Å². The molecule has 0 atom stereocenters. The Morgan fingerprint density at radius 3 is 2.07 bits per heavy atom. The number of nitrogens with one attached hydrogen (secondary N) is 1. The largest absolute Gasteiger partial charge is 0.434 e. The topological polar surface area (TPSA) is 84.4 Å². The van der Waals surface area contributed by atoms with Crippen LogP contribution in [0.2, 0.25) is 0 Å². The third-order valence-electron chi connectivity index (χ3n) is 4.86. The van der Waals surface area contributed by atoms with Crippen LogP contribution in [0.5, 0.6) is 0 Å². The number of aromatic nitrogens is 2. The summed E-state index contributed by atoms with van der Waals surface area (Å²) in [5.74, 6) is 0.473. The van der Waals surface area contributed by atoms with Crippen LogP contribution in [0.4, 0.5) is 37.0 Å². The Morgan fingerprint density at radius 1 is 1.10 bits per heavy atom. The number of nitrogens with zero attached hydrogens (tertiary/aromatic N) is 3. The molecule has 1 aliphatic heterocycles. The van der Waals surface area contributed by atoms with Crippen molar-refractivity contribution in [2.24, 2.45) is 5.41 Å². The summed E-state index contributed by atoms with van der Waals surface area (Å²) in [5.41, 5.74) is 0.987. The molecule has 1 saturated heterocycles. The van der Waals surface area contributed by atoms with E-state index in [4.69, 9.17) is 0 Å². The highest BCUT2D eigenvalue weighted by atomic mass is 19.4. The zero-order valence-electron chi connectivity index (χ0n) is 15.9. The predicted octanol–water partition coefficient (Wildman–Crippen LogP) is 3.85. The maximum Gasteiger partial charge on any atom is 0.434 e. The fourth-order valence-electron chi connectivity index (χ4n) is 2.87. The van der Waals surface area contributed by atoms with Crippen LogP contribution in [0, 0.1) is 12.3 Å². The Morgan fingerprint density at radius 2 is 1.67 bits per heavy atom. The molecule has 2 fully saturated rings. The monoisotopic (exact) mass is 442 g/mol. The van der Waals surface area contributed by atoms with Crippen LogP contribution in [0.15, 0.2) is 12.1 Å². The lowest BCUT2D eigenvalue weighted by atomic mass is 9.94. The number of rotatable bonds is 3. The molecular weight excluding hydrogens is 422 g/mol. The van der Waals surface area contributed by atoms with Crippen LogP contribution in [-0.4, -0.2) is 59.1 Å². The molecule has 1 aliphatic carbocycles. The second-order valence-corrected chi connectivity index (χ2v) is 7.16. The minimum atomic E-state index is -5.67. The van der Waals surface area contributed by atoms with E-state index in [2.05, 4.69) is 20.3 Å². The van der Waals surface area contributed by atoms with E-state index in [0.717, 1.165) is 23.4 Å². The molecule has 30 heavy (non-hydrogen) atoms. The molecule has 1 N–H and O–H groups in total. The standard InChI is InChI=1S/C11H13F6NO2.C6H7N3O/c12-10(13,14)7(11(15,16)17)20-8(19)18-5-3-9(1-2-9)4-6-18;1-5-2-3-6(7-4-10)9-8-5/h7H,1-6H2;2-4H,1H3,(H,7,9,10). The van der Waals surface area contributed by atoms with Crippen molar-refractivity contribution in [3.8, 4) is 0 Å². The van der Waals surface area contributed by atoms with Gasteiger partial charge in [-0.25, -0.2) is 4.79 Å². The molecule has 0 aromatic carbocycles. The molecule has 1 aromatic rings. The number of hydrogen-bond acceptors (Lipinski definition) is 5. The summed E-state index contributed by atoms with van der Waals surface area (Å²) in [6.45, 7) is 2.11. The van der Waals surface area contributed by atoms with Gasteiger partial charge in [-0.3, -0.25) is 4.79 Å². The Labute approximate surface area is 167 Å². The van der Waals surface area contributed by atoms with Crippen molar-refractivity contribution in [1.29, 1.82) is 0 Å². The van der Waals surface area contributed by atoms with Gasteiger partial charge in [0, 0.05) is 13.1 Å². The highest BCUT2D eigenvalue weighted by Crippen LogP contribution is 2.53. The summed E-state index contributed by atoms with van der Waals surface area (Å²) in [7, 11) is 0.